The van der Waals surface area contributed by atoms with E-state index in [2.05, 4.69) is 35.6 Å². The number of hydrogen-bond donors (Lipinski definition) is 2. The molecule has 0 spiro atoms. The Balaban J connectivity index is 1.43. The average molecular weight is 395 g/mol. The van der Waals surface area contributed by atoms with Crippen LogP contribution in [0.15, 0.2) is 78.9 Å². The first-order valence-corrected chi connectivity index (χ1v) is 10.4. The summed E-state index contributed by atoms with van der Waals surface area (Å²) in [5.41, 5.74) is 3.49. The van der Waals surface area contributed by atoms with E-state index in [1.807, 2.05) is 24.3 Å². The molecule has 1 aliphatic heterocycles. The van der Waals surface area contributed by atoms with Crippen LogP contribution in [0.4, 0.5) is 8.78 Å². The molecule has 0 aliphatic carbocycles. The maximum atomic E-state index is 13.4. The summed E-state index contributed by atoms with van der Waals surface area (Å²) >= 11 is 0. The fourth-order valence-electron chi connectivity index (χ4n) is 4.33. The third-order valence-electron chi connectivity index (χ3n) is 5.96. The molecule has 1 heterocycles. The van der Waals surface area contributed by atoms with Gasteiger partial charge in [-0.2, -0.15) is 0 Å². The van der Waals surface area contributed by atoms with Gasteiger partial charge >= 0.3 is 0 Å². The molecule has 0 amide bonds. The van der Waals surface area contributed by atoms with Gasteiger partial charge in [-0.1, -0.05) is 30.3 Å². The van der Waals surface area contributed by atoms with Gasteiger partial charge in [-0.05, 0) is 48.5 Å². The third-order valence-corrected chi connectivity index (χ3v) is 5.96. The molecular formula is C25H28F2N2+2. The second-order valence-corrected chi connectivity index (χ2v) is 8.02. The predicted octanol–water partition coefficient (Wildman–Crippen LogP) is 2.87. The van der Waals surface area contributed by atoms with Crippen molar-refractivity contribution in [3.05, 3.63) is 107 Å². The van der Waals surface area contributed by atoms with Crippen molar-refractivity contribution >= 4 is 0 Å². The highest BCUT2D eigenvalue weighted by Gasteiger charge is 2.29. The van der Waals surface area contributed by atoms with Gasteiger partial charge in [0.2, 0.25) is 0 Å². The SMILES string of the molecule is Fc1ccc(C([NH2+]C2CC[NH+](Cc3ccccc3)CC2)c2ccc(F)cc2)cc1. The number of piperidine rings is 1. The van der Waals surface area contributed by atoms with Crippen LogP contribution < -0.4 is 10.2 Å². The second kappa shape index (κ2) is 9.29. The van der Waals surface area contributed by atoms with Crippen molar-refractivity contribution in [1.29, 1.82) is 0 Å². The van der Waals surface area contributed by atoms with E-state index in [9.17, 15) is 8.78 Å². The maximum absolute atomic E-state index is 13.4. The van der Waals surface area contributed by atoms with Crippen molar-refractivity contribution in [3.63, 3.8) is 0 Å². The van der Waals surface area contributed by atoms with Gasteiger partial charge in [0, 0.05) is 29.5 Å². The molecule has 0 unspecified atom stereocenters. The van der Waals surface area contributed by atoms with Gasteiger partial charge in [-0.15, -0.1) is 0 Å². The van der Waals surface area contributed by atoms with Gasteiger partial charge in [0.1, 0.15) is 24.2 Å². The van der Waals surface area contributed by atoms with E-state index in [0.29, 0.717) is 6.04 Å². The molecule has 1 saturated heterocycles. The molecule has 4 rings (SSSR count). The minimum atomic E-state index is -0.232. The number of benzene rings is 3. The third kappa shape index (κ3) is 5.28. The molecule has 1 fully saturated rings. The Morgan fingerprint density at radius 1 is 0.759 bits per heavy atom. The number of quaternary nitrogens is 2. The van der Waals surface area contributed by atoms with Gasteiger partial charge in [-0.3, -0.25) is 0 Å². The van der Waals surface area contributed by atoms with Gasteiger partial charge in [-0.25, -0.2) is 8.78 Å². The van der Waals surface area contributed by atoms with Crippen LogP contribution in [0.2, 0.25) is 0 Å². The summed E-state index contributed by atoms with van der Waals surface area (Å²) in [7, 11) is 0. The molecule has 3 aromatic rings. The van der Waals surface area contributed by atoms with Crippen LogP contribution in [0.1, 0.15) is 35.6 Å². The number of halogens is 2. The van der Waals surface area contributed by atoms with Gasteiger partial charge in [0.15, 0.2) is 0 Å². The molecule has 0 aromatic heterocycles. The van der Waals surface area contributed by atoms with E-state index in [0.717, 1.165) is 43.6 Å². The molecule has 150 valence electrons. The lowest BCUT2D eigenvalue weighted by atomic mass is 9.95. The molecule has 3 aromatic carbocycles. The molecule has 0 radical (unpaired) electrons. The lowest BCUT2D eigenvalue weighted by Crippen LogP contribution is -3.13. The monoisotopic (exact) mass is 394 g/mol. The quantitative estimate of drug-likeness (QED) is 0.642. The first kappa shape index (κ1) is 19.7. The van der Waals surface area contributed by atoms with Crippen LogP contribution in [0.5, 0.6) is 0 Å². The largest absolute Gasteiger partial charge is 0.333 e. The molecule has 1 aliphatic rings. The Hall–Kier alpha value is -2.56. The zero-order chi connectivity index (χ0) is 20.1. The highest BCUT2D eigenvalue weighted by molar-refractivity contribution is 5.29. The minimum Gasteiger partial charge on any atom is -0.333 e. The molecule has 0 atom stereocenters. The van der Waals surface area contributed by atoms with E-state index in [1.54, 1.807) is 4.90 Å². The predicted molar refractivity (Wildman–Crippen MR) is 110 cm³/mol. The van der Waals surface area contributed by atoms with Crippen LogP contribution >= 0.6 is 0 Å². The molecule has 4 heteroatoms. The highest BCUT2D eigenvalue weighted by Crippen LogP contribution is 2.20. The molecule has 0 bridgehead atoms. The topological polar surface area (TPSA) is 21.1 Å². The van der Waals surface area contributed by atoms with Crippen molar-refractivity contribution in [2.75, 3.05) is 13.1 Å². The zero-order valence-electron chi connectivity index (χ0n) is 16.5. The summed E-state index contributed by atoms with van der Waals surface area (Å²) in [4.78, 5) is 1.63. The van der Waals surface area contributed by atoms with Crippen LogP contribution in [-0.2, 0) is 6.54 Å². The lowest BCUT2D eigenvalue weighted by Gasteiger charge is -2.30. The molecule has 2 nitrogen and oxygen atoms in total. The van der Waals surface area contributed by atoms with Gasteiger partial charge in [0.05, 0.1) is 19.1 Å². The van der Waals surface area contributed by atoms with Crippen molar-refractivity contribution in [3.8, 4) is 0 Å². The maximum Gasteiger partial charge on any atom is 0.137 e. The Morgan fingerprint density at radius 2 is 1.28 bits per heavy atom. The van der Waals surface area contributed by atoms with E-state index in [-0.39, 0.29) is 17.7 Å². The van der Waals surface area contributed by atoms with Crippen molar-refractivity contribution < 1.29 is 19.0 Å². The number of hydrogen-bond acceptors (Lipinski definition) is 0. The molecule has 0 saturated carbocycles. The normalized spacial score (nSPS) is 19.4. The fraction of sp³-hybridized carbons (Fsp3) is 0.280. The van der Waals surface area contributed by atoms with Crippen LogP contribution in [0.25, 0.3) is 0 Å². The van der Waals surface area contributed by atoms with Crippen molar-refractivity contribution in [2.24, 2.45) is 0 Å². The molecular weight excluding hydrogens is 366 g/mol. The number of rotatable bonds is 6. The number of nitrogens with two attached hydrogens (primary N) is 1. The van der Waals surface area contributed by atoms with Gasteiger partial charge in [0.25, 0.3) is 0 Å². The Morgan fingerprint density at radius 3 is 1.79 bits per heavy atom. The molecule has 29 heavy (non-hydrogen) atoms. The fourth-order valence-corrected chi connectivity index (χ4v) is 4.33. The second-order valence-electron chi connectivity index (χ2n) is 8.02. The van der Waals surface area contributed by atoms with Crippen molar-refractivity contribution in [2.45, 2.75) is 31.5 Å². The van der Waals surface area contributed by atoms with E-state index in [4.69, 9.17) is 0 Å². The van der Waals surface area contributed by atoms with Crippen LogP contribution in [0, 0.1) is 11.6 Å². The van der Waals surface area contributed by atoms with Crippen molar-refractivity contribution in [1.82, 2.24) is 0 Å². The summed E-state index contributed by atoms with van der Waals surface area (Å²) in [6.45, 7) is 3.37. The Bertz CT molecular complexity index is 841. The smallest absolute Gasteiger partial charge is 0.137 e. The van der Waals surface area contributed by atoms with Crippen LogP contribution in [-0.4, -0.2) is 19.1 Å². The zero-order valence-corrected chi connectivity index (χ0v) is 16.5. The first-order chi connectivity index (χ1) is 14.2. The van der Waals surface area contributed by atoms with E-state index >= 15 is 0 Å². The summed E-state index contributed by atoms with van der Waals surface area (Å²) < 4.78 is 26.8. The first-order valence-electron chi connectivity index (χ1n) is 10.4. The highest BCUT2D eigenvalue weighted by atomic mass is 19.1. The van der Waals surface area contributed by atoms with Crippen LogP contribution in [0.3, 0.4) is 0 Å². The summed E-state index contributed by atoms with van der Waals surface area (Å²) in [6.07, 6.45) is 2.28. The minimum absolute atomic E-state index is 0.0527. The summed E-state index contributed by atoms with van der Waals surface area (Å²) in [5.74, 6) is -0.464. The average Bonchev–Trinajstić information content (AvgIpc) is 2.75. The molecule has 3 N–H and O–H groups in total. The Kier molecular flexibility index (Phi) is 6.33. The lowest BCUT2D eigenvalue weighted by molar-refractivity contribution is -0.927. The summed E-state index contributed by atoms with van der Waals surface area (Å²) in [5, 5.41) is 2.39. The van der Waals surface area contributed by atoms with E-state index in [1.165, 1.54) is 29.8 Å². The number of likely N-dealkylation sites (tertiary alicyclic amines) is 1. The van der Waals surface area contributed by atoms with Gasteiger partial charge < -0.3 is 10.2 Å². The number of nitrogens with one attached hydrogen (secondary N) is 1. The van der Waals surface area contributed by atoms with E-state index < -0.39 is 0 Å². The Labute approximate surface area is 171 Å². The summed E-state index contributed by atoms with van der Waals surface area (Å²) in [6, 6.07) is 24.6. The standard InChI is InChI=1S/C25H26F2N2/c26-22-10-6-20(7-11-22)25(21-8-12-23(27)13-9-21)28-24-14-16-29(17-15-24)18-19-4-2-1-3-5-19/h1-13,24-25,28H,14-18H2/p+2.